The van der Waals surface area contributed by atoms with Crippen molar-refractivity contribution in [3.63, 3.8) is 0 Å². The fraction of sp³-hybridized carbons (Fsp3) is 0.222. The summed E-state index contributed by atoms with van der Waals surface area (Å²) in [4.78, 5) is 11.5. The van der Waals surface area contributed by atoms with Crippen LogP contribution in [-0.2, 0) is 14.1 Å². The summed E-state index contributed by atoms with van der Waals surface area (Å²) in [6, 6.07) is 2.73. The number of benzene rings is 1. The maximum Gasteiger partial charge on any atom is 0.328 e. The molecule has 1 aromatic heterocycles. The van der Waals surface area contributed by atoms with Gasteiger partial charge in [0.05, 0.1) is 16.7 Å². The van der Waals surface area contributed by atoms with Crippen LogP contribution in [0.4, 0.5) is 10.1 Å². The summed E-state index contributed by atoms with van der Waals surface area (Å²) >= 11 is 0. The number of nitrogens with two attached hydrogens (primary N) is 1. The van der Waals surface area contributed by atoms with Crippen LogP contribution >= 0.6 is 0 Å². The molecule has 0 atom stereocenters. The first-order valence-electron chi connectivity index (χ1n) is 4.13. The number of aryl methyl sites for hydroxylation is 2. The summed E-state index contributed by atoms with van der Waals surface area (Å²) < 4.78 is 15.9. The van der Waals surface area contributed by atoms with E-state index < -0.39 is 5.82 Å². The second-order valence-electron chi connectivity index (χ2n) is 3.26. The average molecular weight is 195 g/mol. The number of nitrogen functional groups attached to an aromatic ring is 1. The van der Waals surface area contributed by atoms with Gasteiger partial charge in [-0.05, 0) is 6.07 Å². The Hall–Kier alpha value is -1.78. The van der Waals surface area contributed by atoms with Crippen molar-refractivity contribution in [1.29, 1.82) is 0 Å². The third-order valence-electron chi connectivity index (χ3n) is 2.39. The van der Waals surface area contributed by atoms with Crippen LogP contribution in [0.3, 0.4) is 0 Å². The van der Waals surface area contributed by atoms with Crippen molar-refractivity contribution in [1.82, 2.24) is 9.13 Å². The van der Waals surface area contributed by atoms with Gasteiger partial charge in [0, 0.05) is 20.2 Å². The van der Waals surface area contributed by atoms with Crippen LogP contribution in [0, 0.1) is 5.82 Å². The summed E-state index contributed by atoms with van der Waals surface area (Å²) in [5.41, 5.74) is 6.46. The number of hydrogen-bond acceptors (Lipinski definition) is 2. The van der Waals surface area contributed by atoms with E-state index in [-0.39, 0.29) is 11.4 Å². The Morgan fingerprint density at radius 2 is 1.71 bits per heavy atom. The zero-order valence-corrected chi connectivity index (χ0v) is 7.91. The van der Waals surface area contributed by atoms with Gasteiger partial charge in [0.15, 0.2) is 0 Å². The van der Waals surface area contributed by atoms with Gasteiger partial charge in [0.2, 0.25) is 0 Å². The van der Waals surface area contributed by atoms with E-state index in [0.717, 1.165) is 0 Å². The number of imidazole rings is 1. The molecule has 0 saturated carbocycles. The van der Waals surface area contributed by atoms with Crippen molar-refractivity contribution >= 4 is 16.7 Å². The van der Waals surface area contributed by atoms with E-state index in [9.17, 15) is 9.18 Å². The second-order valence-corrected chi connectivity index (χ2v) is 3.26. The molecule has 2 aromatic rings. The fourth-order valence-electron chi connectivity index (χ4n) is 1.54. The Morgan fingerprint density at radius 3 is 2.29 bits per heavy atom. The Bertz CT molecular complexity index is 519. The van der Waals surface area contributed by atoms with Gasteiger partial charge in [0.1, 0.15) is 5.82 Å². The maximum absolute atomic E-state index is 13.1. The molecule has 5 heteroatoms. The Labute approximate surface area is 79.4 Å². The first-order chi connectivity index (χ1) is 6.52. The van der Waals surface area contributed by atoms with Crippen LogP contribution in [0.25, 0.3) is 11.0 Å². The molecule has 0 bridgehead atoms. The molecule has 2 N–H and O–H groups in total. The highest BCUT2D eigenvalue weighted by atomic mass is 19.1. The van der Waals surface area contributed by atoms with Crippen molar-refractivity contribution in [2.75, 3.05) is 5.73 Å². The van der Waals surface area contributed by atoms with Crippen molar-refractivity contribution in [3.8, 4) is 0 Å². The predicted molar refractivity (Wildman–Crippen MR) is 52.5 cm³/mol. The van der Waals surface area contributed by atoms with E-state index in [1.807, 2.05) is 0 Å². The molecule has 0 spiro atoms. The minimum absolute atomic E-state index is 0.0544. The average Bonchev–Trinajstić information content (AvgIpc) is 2.34. The van der Waals surface area contributed by atoms with Crippen LogP contribution < -0.4 is 11.4 Å². The van der Waals surface area contributed by atoms with Crippen LogP contribution in [0.1, 0.15) is 0 Å². The minimum Gasteiger partial charge on any atom is -0.396 e. The van der Waals surface area contributed by atoms with Crippen molar-refractivity contribution in [2.24, 2.45) is 14.1 Å². The fourth-order valence-corrected chi connectivity index (χ4v) is 1.54. The highest BCUT2D eigenvalue weighted by molar-refractivity contribution is 5.79. The molecule has 0 aliphatic rings. The SMILES string of the molecule is Cn1c(=O)n(C)c2cc(F)c(N)cc21. The molecular weight excluding hydrogens is 185 g/mol. The Balaban J connectivity index is 3.04. The van der Waals surface area contributed by atoms with E-state index in [1.165, 1.54) is 21.3 Å². The molecule has 74 valence electrons. The topological polar surface area (TPSA) is 53.0 Å². The first kappa shape index (κ1) is 8.80. The quantitative estimate of drug-likeness (QED) is 0.626. The molecule has 0 radical (unpaired) electrons. The zero-order valence-electron chi connectivity index (χ0n) is 7.91. The summed E-state index contributed by atoms with van der Waals surface area (Å²) in [6.45, 7) is 0. The van der Waals surface area contributed by atoms with E-state index in [4.69, 9.17) is 5.73 Å². The summed E-state index contributed by atoms with van der Waals surface area (Å²) in [6.07, 6.45) is 0. The van der Waals surface area contributed by atoms with Gasteiger partial charge in [0.25, 0.3) is 0 Å². The van der Waals surface area contributed by atoms with Crippen LogP contribution in [-0.4, -0.2) is 9.13 Å². The normalized spacial score (nSPS) is 11.1. The molecular formula is C9H10FN3O. The molecule has 0 saturated heterocycles. The molecule has 0 amide bonds. The van der Waals surface area contributed by atoms with Gasteiger partial charge >= 0.3 is 5.69 Å². The molecule has 0 aliphatic carbocycles. The number of hydrogen-bond donors (Lipinski definition) is 1. The highest BCUT2D eigenvalue weighted by Gasteiger charge is 2.10. The lowest BCUT2D eigenvalue weighted by Crippen LogP contribution is -2.19. The molecule has 0 aliphatic heterocycles. The monoisotopic (exact) mass is 195 g/mol. The largest absolute Gasteiger partial charge is 0.396 e. The first-order valence-corrected chi connectivity index (χ1v) is 4.13. The van der Waals surface area contributed by atoms with Gasteiger partial charge in [-0.2, -0.15) is 0 Å². The Kier molecular flexibility index (Phi) is 1.64. The third-order valence-corrected chi connectivity index (χ3v) is 2.39. The zero-order chi connectivity index (χ0) is 10.5. The second kappa shape index (κ2) is 2.60. The van der Waals surface area contributed by atoms with Gasteiger partial charge < -0.3 is 5.73 Å². The molecule has 1 heterocycles. The summed E-state index contributed by atoms with van der Waals surface area (Å²) in [5, 5.41) is 0. The van der Waals surface area contributed by atoms with Gasteiger partial charge in [-0.1, -0.05) is 0 Å². The Morgan fingerprint density at radius 1 is 1.21 bits per heavy atom. The summed E-state index contributed by atoms with van der Waals surface area (Å²) in [7, 11) is 3.22. The van der Waals surface area contributed by atoms with Crippen LogP contribution in [0.2, 0.25) is 0 Å². The number of nitrogens with zero attached hydrogens (tertiary/aromatic N) is 2. The highest BCUT2D eigenvalue weighted by Crippen LogP contribution is 2.18. The maximum atomic E-state index is 13.1. The number of aromatic nitrogens is 2. The number of anilines is 1. The number of rotatable bonds is 0. The number of fused-ring (bicyclic) bond motifs is 1. The molecule has 4 nitrogen and oxygen atoms in total. The lowest BCUT2D eigenvalue weighted by Gasteiger charge is -1.98. The van der Waals surface area contributed by atoms with Gasteiger partial charge in [-0.15, -0.1) is 0 Å². The molecule has 0 unspecified atom stereocenters. The van der Waals surface area contributed by atoms with Crippen molar-refractivity contribution < 1.29 is 4.39 Å². The lowest BCUT2D eigenvalue weighted by molar-refractivity contribution is 0.633. The van der Waals surface area contributed by atoms with Crippen molar-refractivity contribution in [2.45, 2.75) is 0 Å². The molecule has 1 aromatic carbocycles. The predicted octanol–water partition coefficient (Wildman–Crippen LogP) is 0.598. The van der Waals surface area contributed by atoms with E-state index in [2.05, 4.69) is 0 Å². The van der Waals surface area contributed by atoms with Gasteiger partial charge in [-0.3, -0.25) is 9.13 Å². The number of halogens is 1. The third kappa shape index (κ3) is 0.951. The van der Waals surface area contributed by atoms with Crippen LogP contribution in [0.5, 0.6) is 0 Å². The van der Waals surface area contributed by atoms with Crippen LogP contribution in [0.15, 0.2) is 16.9 Å². The summed E-state index contributed by atoms with van der Waals surface area (Å²) in [5.74, 6) is -0.501. The standard InChI is InChI=1S/C9H10FN3O/c1-12-7-3-5(10)6(11)4-8(7)13(2)9(12)14/h3-4H,11H2,1-2H3. The van der Waals surface area contributed by atoms with Gasteiger partial charge in [-0.25, -0.2) is 9.18 Å². The van der Waals surface area contributed by atoms with E-state index in [0.29, 0.717) is 11.0 Å². The van der Waals surface area contributed by atoms with Crippen molar-refractivity contribution in [3.05, 3.63) is 28.4 Å². The molecule has 14 heavy (non-hydrogen) atoms. The molecule has 0 fully saturated rings. The minimum atomic E-state index is -0.501. The van der Waals surface area contributed by atoms with E-state index >= 15 is 0 Å². The molecule has 2 rings (SSSR count). The lowest BCUT2D eigenvalue weighted by atomic mass is 10.2. The van der Waals surface area contributed by atoms with E-state index in [1.54, 1.807) is 14.1 Å². The smallest absolute Gasteiger partial charge is 0.328 e.